The van der Waals surface area contributed by atoms with E-state index in [1.54, 1.807) is 24.3 Å². The van der Waals surface area contributed by atoms with Crippen molar-refractivity contribution in [3.8, 4) is 5.75 Å². The van der Waals surface area contributed by atoms with Crippen molar-refractivity contribution in [2.24, 2.45) is 5.92 Å². The molecule has 146 valence electrons. The number of esters is 1. The molecule has 0 radical (unpaired) electrons. The van der Waals surface area contributed by atoms with Gasteiger partial charge in [0.05, 0.1) is 18.1 Å². The van der Waals surface area contributed by atoms with E-state index in [1.807, 2.05) is 0 Å². The zero-order valence-corrected chi connectivity index (χ0v) is 16.5. The molecule has 2 aromatic rings. The Hall–Kier alpha value is -2.57. The molecule has 1 atom stereocenters. The third kappa shape index (κ3) is 4.46. The Kier molecular flexibility index (Phi) is 6.21. The Bertz CT molecular complexity index is 931. The first kappa shape index (κ1) is 20.2. The summed E-state index contributed by atoms with van der Waals surface area (Å²) in [5.74, 6) is -1.27. The number of anilines is 1. The van der Waals surface area contributed by atoms with Crippen molar-refractivity contribution >= 4 is 46.5 Å². The number of ether oxygens (including phenoxy) is 2. The maximum absolute atomic E-state index is 12.3. The molecular weight excluding hydrogens is 405 g/mol. The van der Waals surface area contributed by atoms with E-state index in [4.69, 9.17) is 32.7 Å². The molecule has 0 saturated carbocycles. The zero-order chi connectivity index (χ0) is 20.3. The van der Waals surface area contributed by atoms with Crippen molar-refractivity contribution in [1.29, 1.82) is 0 Å². The fraction of sp³-hybridized carbons (Fsp3) is 0.250. The number of hydrogen-bond acceptors (Lipinski definition) is 5. The van der Waals surface area contributed by atoms with Gasteiger partial charge in [0.25, 0.3) is 0 Å². The molecule has 0 spiro atoms. The molecule has 1 fully saturated rings. The molecule has 8 heteroatoms. The van der Waals surface area contributed by atoms with E-state index < -0.39 is 24.3 Å². The van der Waals surface area contributed by atoms with Crippen LogP contribution in [0.5, 0.6) is 5.75 Å². The average molecular weight is 422 g/mol. The minimum Gasteiger partial charge on any atom is -0.497 e. The van der Waals surface area contributed by atoms with E-state index in [0.29, 0.717) is 16.5 Å². The van der Waals surface area contributed by atoms with Gasteiger partial charge in [-0.25, -0.2) is 0 Å². The summed E-state index contributed by atoms with van der Waals surface area (Å²) in [6.07, 6.45) is 0.0198. The van der Waals surface area contributed by atoms with Gasteiger partial charge in [0.1, 0.15) is 5.75 Å². The van der Waals surface area contributed by atoms with Gasteiger partial charge in [0.2, 0.25) is 11.7 Å². The highest BCUT2D eigenvalue weighted by molar-refractivity contribution is 6.36. The molecule has 6 nitrogen and oxygen atoms in total. The van der Waals surface area contributed by atoms with E-state index in [-0.39, 0.29) is 29.5 Å². The summed E-state index contributed by atoms with van der Waals surface area (Å²) in [5.41, 5.74) is 0.864. The highest BCUT2D eigenvalue weighted by Gasteiger charge is 2.36. The van der Waals surface area contributed by atoms with Crippen molar-refractivity contribution in [1.82, 2.24) is 0 Å². The van der Waals surface area contributed by atoms with E-state index in [1.165, 1.54) is 30.2 Å². The van der Waals surface area contributed by atoms with Crippen LogP contribution >= 0.6 is 23.2 Å². The molecule has 1 heterocycles. The van der Waals surface area contributed by atoms with Crippen molar-refractivity contribution < 1.29 is 23.9 Å². The Balaban J connectivity index is 1.60. The molecule has 1 aliphatic rings. The highest BCUT2D eigenvalue weighted by atomic mass is 35.5. The molecule has 0 aromatic heterocycles. The molecule has 0 N–H and O–H groups in total. The van der Waals surface area contributed by atoms with E-state index in [0.717, 1.165) is 0 Å². The first-order valence-corrected chi connectivity index (χ1v) is 9.24. The van der Waals surface area contributed by atoms with Crippen LogP contribution in [0.4, 0.5) is 5.69 Å². The molecule has 1 aliphatic heterocycles. The van der Waals surface area contributed by atoms with Crippen molar-refractivity contribution in [2.45, 2.75) is 6.42 Å². The largest absolute Gasteiger partial charge is 0.497 e. The number of methoxy groups -OCH3 is 1. The predicted octanol–water partition coefficient (Wildman–Crippen LogP) is 3.78. The van der Waals surface area contributed by atoms with Gasteiger partial charge >= 0.3 is 5.97 Å². The van der Waals surface area contributed by atoms with Gasteiger partial charge in [-0.05, 0) is 30.3 Å². The van der Waals surface area contributed by atoms with Crippen molar-refractivity contribution in [3.63, 3.8) is 0 Å². The van der Waals surface area contributed by atoms with Crippen molar-refractivity contribution in [3.05, 3.63) is 58.1 Å². The highest BCUT2D eigenvalue weighted by Crippen LogP contribution is 2.28. The normalized spacial score (nSPS) is 16.2. The van der Waals surface area contributed by atoms with E-state index in [2.05, 4.69) is 0 Å². The Labute approximate surface area is 171 Å². The molecular formula is C20H17Cl2NO5. The Morgan fingerprint density at radius 1 is 1.18 bits per heavy atom. The van der Waals surface area contributed by atoms with Gasteiger partial charge in [0.15, 0.2) is 6.61 Å². The molecule has 28 heavy (non-hydrogen) atoms. The topological polar surface area (TPSA) is 72.9 Å². The van der Waals surface area contributed by atoms with Gasteiger partial charge < -0.3 is 14.4 Å². The quantitative estimate of drug-likeness (QED) is 0.524. The number of halogens is 2. The monoisotopic (exact) mass is 421 g/mol. The second kappa shape index (κ2) is 8.63. The number of hydrogen-bond donors (Lipinski definition) is 0. The number of amides is 1. The fourth-order valence-electron chi connectivity index (χ4n) is 2.94. The number of rotatable bonds is 6. The first-order valence-electron chi connectivity index (χ1n) is 8.48. The summed E-state index contributed by atoms with van der Waals surface area (Å²) in [6.45, 7) is -0.273. The number of nitrogens with zero attached hydrogens (tertiary/aromatic N) is 1. The molecule has 0 unspecified atom stereocenters. The summed E-state index contributed by atoms with van der Waals surface area (Å²) in [5, 5.41) is 0.592. The smallest absolute Gasteiger partial charge is 0.311 e. The maximum Gasteiger partial charge on any atom is 0.311 e. The number of ketones is 1. The van der Waals surface area contributed by atoms with Crippen LogP contribution < -0.4 is 9.64 Å². The molecule has 0 bridgehead atoms. The minimum absolute atomic E-state index is 0.0198. The third-order valence-corrected chi connectivity index (χ3v) is 4.95. The molecule has 3 rings (SSSR count). The summed E-state index contributed by atoms with van der Waals surface area (Å²) in [7, 11) is 1.54. The van der Waals surface area contributed by atoms with Crippen LogP contribution in [0.15, 0.2) is 42.5 Å². The second-order valence-corrected chi connectivity index (χ2v) is 7.11. The standard InChI is InChI=1S/C20H17Cl2NO5/c1-27-15-4-2-3-14(9-15)23-10-12(7-19(23)25)20(26)28-11-18(24)16-6-5-13(21)8-17(16)22/h2-6,8-9,12H,7,10-11H2,1H3/t12-/m1/s1. The lowest BCUT2D eigenvalue weighted by Gasteiger charge is -2.17. The lowest BCUT2D eigenvalue weighted by molar-refractivity contribution is -0.147. The lowest BCUT2D eigenvalue weighted by Crippen LogP contribution is -2.27. The maximum atomic E-state index is 12.3. The Morgan fingerprint density at radius 3 is 2.68 bits per heavy atom. The van der Waals surface area contributed by atoms with Crippen LogP contribution in [0.25, 0.3) is 0 Å². The van der Waals surface area contributed by atoms with E-state index >= 15 is 0 Å². The third-order valence-electron chi connectivity index (χ3n) is 4.40. The SMILES string of the molecule is COc1cccc(N2C[C@H](C(=O)OCC(=O)c3ccc(Cl)cc3Cl)CC2=O)c1. The molecule has 0 aliphatic carbocycles. The fourth-order valence-corrected chi connectivity index (χ4v) is 3.46. The van der Waals surface area contributed by atoms with Gasteiger partial charge in [-0.1, -0.05) is 29.3 Å². The van der Waals surface area contributed by atoms with Gasteiger partial charge in [-0.2, -0.15) is 0 Å². The number of Topliss-reactive ketones (excluding diaryl/α,β-unsaturated/α-hetero) is 1. The van der Waals surface area contributed by atoms with E-state index in [9.17, 15) is 14.4 Å². The first-order chi connectivity index (χ1) is 13.4. The molecule has 2 aromatic carbocycles. The lowest BCUT2D eigenvalue weighted by atomic mass is 10.1. The van der Waals surface area contributed by atoms with Crippen LogP contribution in [0.1, 0.15) is 16.8 Å². The number of benzene rings is 2. The molecule has 1 saturated heterocycles. The van der Waals surface area contributed by atoms with Gasteiger partial charge in [-0.3, -0.25) is 14.4 Å². The minimum atomic E-state index is -0.646. The molecule has 1 amide bonds. The zero-order valence-electron chi connectivity index (χ0n) is 15.0. The predicted molar refractivity (Wildman–Crippen MR) is 105 cm³/mol. The summed E-state index contributed by atoms with van der Waals surface area (Å²) >= 11 is 11.8. The second-order valence-electron chi connectivity index (χ2n) is 6.26. The average Bonchev–Trinajstić information content (AvgIpc) is 3.07. The number of carbonyl (C=O) groups excluding carboxylic acids is 3. The van der Waals surface area contributed by atoms with Crippen LogP contribution in [0.3, 0.4) is 0 Å². The van der Waals surface area contributed by atoms with Crippen LogP contribution in [0.2, 0.25) is 10.0 Å². The van der Waals surface area contributed by atoms with Crippen molar-refractivity contribution in [2.75, 3.05) is 25.2 Å². The van der Waals surface area contributed by atoms with Crippen LogP contribution in [-0.4, -0.2) is 37.9 Å². The number of carbonyl (C=O) groups is 3. The summed E-state index contributed by atoms with van der Waals surface area (Å²) in [4.78, 5) is 38.4. The Morgan fingerprint density at radius 2 is 1.96 bits per heavy atom. The van der Waals surface area contributed by atoms with Crippen LogP contribution in [0, 0.1) is 5.92 Å². The van der Waals surface area contributed by atoms with Crippen LogP contribution in [-0.2, 0) is 14.3 Å². The van der Waals surface area contributed by atoms with Gasteiger partial charge in [-0.15, -0.1) is 0 Å². The van der Waals surface area contributed by atoms with Gasteiger partial charge in [0, 0.05) is 35.3 Å². The summed E-state index contributed by atoms with van der Waals surface area (Å²) in [6, 6.07) is 11.5. The summed E-state index contributed by atoms with van der Waals surface area (Å²) < 4.78 is 10.3.